The van der Waals surface area contributed by atoms with Crippen LogP contribution in [0.2, 0.25) is 0 Å². The molecule has 0 spiro atoms. The Bertz CT molecular complexity index is 711. The average Bonchev–Trinajstić information content (AvgIpc) is 3.08. The first-order valence-electron chi connectivity index (χ1n) is 8.55. The molecule has 2 atom stereocenters. The number of aryl methyl sites for hydroxylation is 1. The lowest BCUT2D eigenvalue weighted by Gasteiger charge is -2.37. The van der Waals surface area contributed by atoms with Crippen molar-refractivity contribution in [1.82, 2.24) is 14.7 Å². The molecule has 0 unspecified atom stereocenters. The van der Waals surface area contributed by atoms with Gasteiger partial charge in [0.15, 0.2) is 0 Å². The third kappa shape index (κ3) is 4.02. The monoisotopic (exact) mass is 343 g/mol. The molecule has 2 aromatic rings. The van der Waals surface area contributed by atoms with Gasteiger partial charge in [-0.2, -0.15) is 5.10 Å². The van der Waals surface area contributed by atoms with Gasteiger partial charge in [-0.15, -0.1) is 0 Å². The van der Waals surface area contributed by atoms with Crippen LogP contribution >= 0.6 is 0 Å². The summed E-state index contributed by atoms with van der Waals surface area (Å²) < 4.78 is 12.5. The lowest BCUT2D eigenvalue weighted by molar-refractivity contribution is -0.00319. The lowest BCUT2D eigenvalue weighted by atomic mass is 9.88. The van der Waals surface area contributed by atoms with E-state index in [1.165, 1.54) is 5.56 Å². The Morgan fingerprint density at radius 3 is 2.60 bits per heavy atom. The first-order valence-corrected chi connectivity index (χ1v) is 8.55. The van der Waals surface area contributed by atoms with Crippen LogP contribution in [0.1, 0.15) is 22.5 Å². The van der Waals surface area contributed by atoms with Crippen LogP contribution < -0.4 is 4.74 Å². The molecule has 0 aliphatic carbocycles. The third-order valence-corrected chi connectivity index (χ3v) is 4.84. The van der Waals surface area contributed by atoms with E-state index in [1.54, 1.807) is 31.2 Å². The van der Waals surface area contributed by atoms with E-state index in [9.17, 15) is 4.79 Å². The minimum Gasteiger partial charge on any atom is -0.497 e. The number of amides is 1. The molecular weight excluding hydrogens is 318 g/mol. The number of hydrogen-bond acceptors (Lipinski definition) is 4. The van der Waals surface area contributed by atoms with Gasteiger partial charge in [0.05, 0.1) is 13.2 Å². The fraction of sp³-hybridized carbons (Fsp3) is 0.474. The largest absolute Gasteiger partial charge is 0.497 e. The van der Waals surface area contributed by atoms with E-state index in [4.69, 9.17) is 9.47 Å². The van der Waals surface area contributed by atoms with Gasteiger partial charge >= 0.3 is 0 Å². The van der Waals surface area contributed by atoms with Gasteiger partial charge in [-0.25, -0.2) is 0 Å². The highest BCUT2D eigenvalue weighted by molar-refractivity contribution is 5.92. The molecule has 6 heteroatoms. The zero-order valence-electron chi connectivity index (χ0n) is 15.0. The molecule has 0 bridgehead atoms. The van der Waals surface area contributed by atoms with Gasteiger partial charge in [0.2, 0.25) is 0 Å². The Hall–Kier alpha value is -2.34. The quantitative estimate of drug-likeness (QED) is 0.835. The van der Waals surface area contributed by atoms with Crippen molar-refractivity contribution >= 4 is 5.91 Å². The van der Waals surface area contributed by atoms with Crippen LogP contribution in [0.4, 0.5) is 0 Å². The van der Waals surface area contributed by atoms with Gasteiger partial charge in [-0.1, -0.05) is 12.1 Å². The van der Waals surface area contributed by atoms with Crippen molar-refractivity contribution in [2.24, 2.45) is 13.0 Å². The molecule has 1 amide bonds. The maximum absolute atomic E-state index is 12.7. The second kappa shape index (κ2) is 7.70. The Kier molecular flexibility index (Phi) is 5.38. The number of carbonyl (C=O) groups excluding carboxylic acids is 1. The number of ether oxygens (including phenoxy) is 2. The van der Waals surface area contributed by atoms with Crippen molar-refractivity contribution in [3.63, 3.8) is 0 Å². The van der Waals surface area contributed by atoms with Crippen LogP contribution in [0, 0.1) is 5.92 Å². The first kappa shape index (κ1) is 17.5. The van der Waals surface area contributed by atoms with Crippen molar-refractivity contribution in [3.05, 3.63) is 47.8 Å². The summed E-state index contributed by atoms with van der Waals surface area (Å²) in [5.74, 6) is 1.11. The van der Waals surface area contributed by atoms with Crippen molar-refractivity contribution < 1.29 is 14.3 Å². The van der Waals surface area contributed by atoms with E-state index in [0.29, 0.717) is 18.8 Å². The van der Waals surface area contributed by atoms with Crippen LogP contribution in [0.3, 0.4) is 0 Å². The van der Waals surface area contributed by atoms with Gasteiger partial charge < -0.3 is 14.4 Å². The Morgan fingerprint density at radius 1 is 1.24 bits per heavy atom. The number of carbonyl (C=O) groups is 1. The molecule has 6 nitrogen and oxygen atoms in total. The molecule has 3 rings (SSSR count). The molecule has 1 fully saturated rings. The number of hydrogen-bond donors (Lipinski definition) is 0. The second-order valence-electron chi connectivity index (χ2n) is 6.50. The van der Waals surface area contributed by atoms with Crippen LogP contribution in [0.25, 0.3) is 0 Å². The molecule has 1 saturated heterocycles. The van der Waals surface area contributed by atoms with E-state index in [1.807, 2.05) is 24.1 Å². The summed E-state index contributed by atoms with van der Waals surface area (Å²) in [6, 6.07) is 9.85. The molecule has 0 N–H and O–H groups in total. The smallest absolute Gasteiger partial charge is 0.274 e. The van der Waals surface area contributed by atoms with Crippen molar-refractivity contribution in [2.75, 3.05) is 27.3 Å². The normalized spacial score (nSPS) is 20.5. The molecular formula is C19H25N3O3. The zero-order valence-corrected chi connectivity index (χ0v) is 15.0. The summed E-state index contributed by atoms with van der Waals surface area (Å²) in [5.41, 5.74) is 1.72. The molecule has 1 aliphatic rings. The van der Waals surface area contributed by atoms with Crippen molar-refractivity contribution in [1.29, 1.82) is 0 Å². The zero-order chi connectivity index (χ0) is 17.8. The summed E-state index contributed by atoms with van der Waals surface area (Å²) in [6.07, 6.45) is 3.67. The predicted molar refractivity (Wildman–Crippen MR) is 94.7 cm³/mol. The fourth-order valence-corrected chi connectivity index (χ4v) is 3.46. The average molecular weight is 343 g/mol. The van der Waals surface area contributed by atoms with Gasteiger partial charge in [0.1, 0.15) is 11.4 Å². The molecule has 1 aromatic carbocycles. The Morgan fingerprint density at radius 2 is 2.00 bits per heavy atom. The minimum atomic E-state index is -0.00474. The van der Waals surface area contributed by atoms with Crippen molar-refractivity contribution in [2.45, 2.75) is 18.9 Å². The van der Waals surface area contributed by atoms with E-state index in [-0.39, 0.29) is 17.9 Å². The maximum atomic E-state index is 12.7. The minimum absolute atomic E-state index is 0.00474. The van der Waals surface area contributed by atoms with Crippen molar-refractivity contribution in [3.8, 4) is 5.75 Å². The topological polar surface area (TPSA) is 56.6 Å². The standard InChI is InChI=1S/C19H25N3O3/c1-21-10-8-17(20-21)19(23)22-11-9-18(25-3)15(13-22)12-14-4-6-16(24-2)7-5-14/h4-8,10,15,18H,9,11-13H2,1-3H3/t15-,18+/m1/s1. The summed E-state index contributed by atoms with van der Waals surface area (Å²) in [5, 5.41) is 4.23. The lowest BCUT2D eigenvalue weighted by Crippen LogP contribution is -2.47. The Labute approximate surface area is 148 Å². The molecule has 1 aromatic heterocycles. The molecule has 0 saturated carbocycles. The molecule has 25 heavy (non-hydrogen) atoms. The number of rotatable bonds is 5. The first-order chi connectivity index (χ1) is 12.1. The SMILES string of the molecule is COc1ccc(C[C@@H]2CN(C(=O)c3ccn(C)n3)CC[C@@H]2OC)cc1. The molecule has 1 aliphatic heterocycles. The van der Waals surface area contributed by atoms with E-state index in [2.05, 4.69) is 17.2 Å². The van der Waals surface area contributed by atoms with Crippen LogP contribution in [-0.4, -0.2) is 54.0 Å². The highest BCUT2D eigenvalue weighted by atomic mass is 16.5. The number of likely N-dealkylation sites (tertiary alicyclic amines) is 1. The van der Waals surface area contributed by atoms with Gasteiger partial charge in [-0.3, -0.25) is 9.48 Å². The number of nitrogens with zero attached hydrogens (tertiary/aromatic N) is 3. The summed E-state index contributed by atoms with van der Waals surface area (Å²) in [4.78, 5) is 14.6. The van der Waals surface area contributed by atoms with Gasteiger partial charge in [0.25, 0.3) is 5.91 Å². The van der Waals surface area contributed by atoms with Gasteiger partial charge in [0, 0.05) is 39.4 Å². The number of methoxy groups -OCH3 is 2. The molecule has 0 radical (unpaired) electrons. The summed E-state index contributed by atoms with van der Waals surface area (Å²) in [6.45, 7) is 1.38. The van der Waals surface area contributed by atoms with Crippen LogP contribution in [-0.2, 0) is 18.2 Å². The summed E-state index contributed by atoms with van der Waals surface area (Å²) in [7, 11) is 5.24. The highest BCUT2D eigenvalue weighted by Crippen LogP contribution is 2.25. The van der Waals surface area contributed by atoms with E-state index >= 15 is 0 Å². The maximum Gasteiger partial charge on any atom is 0.274 e. The van der Waals surface area contributed by atoms with E-state index in [0.717, 1.165) is 18.6 Å². The molecule has 2 heterocycles. The Balaban J connectivity index is 1.70. The number of benzene rings is 1. The molecule has 134 valence electrons. The third-order valence-electron chi connectivity index (χ3n) is 4.84. The van der Waals surface area contributed by atoms with E-state index < -0.39 is 0 Å². The fourth-order valence-electron chi connectivity index (χ4n) is 3.46. The van der Waals surface area contributed by atoms with Crippen LogP contribution in [0.15, 0.2) is 36.5 Å². The van der Waals surface area contributed by atoms with Gasteiger partial charge in [-0.05, 0) is 36.6 Å². The number of piperidine rings is 1. The highest BCUT2D eigenvalue weighted by Gasteiger charge is 2.32. The number of aromatic nitrogens is 2. The second-order valence-corrected chi connectivity index (χ2v) is 6.50. The van der Waals surface area contributed by atoms with Crippen LogP contribution in [0.5, 0.6) is 5.75 Å². The summed E-state index contributed by atoms with van der Waals surface area (Å²) >= 11 is 0. The predicted octanol–water partition coefficient (Wildman–Crippen LogP) is 2.15.